The number of rotatable bonds is 4. The van der Waals surface area contributed by atoms with Crippen LogP contribution < -0.4 is 16.0 Å². The van der Waals surface area contributed by atoms with Gasteiger partial charge in [-0.05, 0) is 55.9 Å². The molecule has 2 amide bonds. The molecule has 0 unspecified atom stereocenters. The van der Waals surface area contributed by atoms with E-state index >= 15 is 0 Å². The average molecular weight is 275 g/mol. The van der Waals surface area contributed by atoms with Crippen molar-refractivity contribution in [1.82, 2.24) is 5.32 Å². The van der Waals surface area contributed by atoms with E-state index in [4.69, 9.17) is 0 Å². The van der Waals surface area contributed by atoms with E-state index in [0.717, 1.165) is 17.3 Å². The van der Waals surface area contributed by atoms with Gasteiger partial charge in [0.2, 0.25) is 0 Å². The number of amides is 2. The molecule has 1 aromatic carbocycles. The second-order valence-corrected chi connectivity index (χ2v) is 5.55. The molecule has 0 saturated heterocycles. The quantitative estimate of drug-likeness (QED) is 0.782. The van der Waals surface area contributed by atoms with Gasteiger partial charge < -0.3 is 16.0 Å². The van der Waals surface area contributed by atoms with Crippen molar-refractivity contribution in [3.8, 4) is 0 Å². The van der Waals surface area contributed by atoms with Gasteiger partial charge in [-0.3, -0.25) is 0 Å². The molecule has 4 nitrogen and oxygen atoms in total. The molecule has 3 N–H and O–H groups in total. The molecule has 20 heavy (non-hydrogen) atoms. The van der Waals surface area contributed by atoms with Crippen LogP contribution in [-0.2, 0) is 0 Å². The molecule has 110 valence electrons. The van der Waals surface area contributed by atoms with Crippen LogP contribution >= 0.6 is 0 Å². The maximum atomic E-state index is 11.2. The molecule has 0 aliphatic heterocycles. The van der Waals surface area contributed by atoms with Crippen molar-refractivity contribution in [1.29, 1.82) is 0 Å². The van der Waals surface area contributed by atoms with Crippen molar-refractivity contribution in [2.24, 2.45) is 5.92 Å². The Balaban J connectivity index is 1.83. The lowest BCUT2D eigenvalue weighted by Crippen LogP contribution is -2.26. The summed E-state index contributed by atoms with van der Waals surface area (Å²) in [5.41, 5.74) is 1.94. The van der Waals surface area contributed by atoms with Gasteiger partial charge in [0.15, 0.2) is 0 Å². The van der Waals surface area contributed by atoms with Gasteiger partial charge in [0, 0.05) is 24.5 Å². The van der Waals surface area contributed by atoms with Crippen LogP contribution in [0.2, 0.25) is 0 Å². The predicted molar refractivity (Wildman–Crippen MR) is 84.2 cm³/mol. The largest absolute Gasteiger partial charge is 0.382 e. The van der Waals surface area contributed by atoms with E-state index in [2.05, 4.69) is 22.9 Å². The average Bonchev–Trinajstić information content (AvgIpc) is 2.50. The maximum absolute atomic E-state index is 11.2. The lowest BCUT2D eigenvalue weighted by atomic mass is 9.84. The summed E-state index contributed by atoms with van der Waals surface area (Å²) in [6.45, 7) is 2.29. The standard InChI is InChI=1S/C16H25N3O/c1-3-12-4-6-13(7-5-12)18-14-8-10-15(11-9-14)19-16(20)17-2/h8-13,18H,3-7H2,1-2H3,(H2,17,19,20). The molecule has 0 bridgehead atoms. The fourth-order valence-electron chi connectivity index (χ4n) is 2.79. The Morgan fingerprint density at radius 3 is 2.25 bits per heavy atom. The summed E-state index contributed by atoms with van der Waals surface area (Å²) >= 11 is 0. The highest BCUT2D eigenvalue weighted by Gasteiger charge is 2.19. The Morgan fingerprint density at radius 1 is 1.10 bits per heavy atom. The number of hydrogen-bond acceptors (Lipinski definition) is 2. The number of hydrogen-bond donors (Lipinski definition) is 3. The normalized spacial score (nSPS) is 22.1. The van der Waals surface area contributed by atoms with Crippen molar-refractivity contribution in [3.05, 3.63) is 24.3 Å². The molecule has 1 saturated carbocycles. The predicted octanol–water partition coefficient (Wildman–Crippen LogP) is 3.82. The minimum Gasteiger partial charge on any atom is -0.382 e. The molecule has 0 aromatic heterocycles. The molecule has 0 heterocycles. The van der Waals surface area contributed by atoms with Gasteiger partial charge in [-0.1, -0.05) is 13.3 Å². The van der Waals surface area contributed by atoms with E-state index in [0.29, 0.717) is 6.04 Å². The molecular formula is C16H25N3O. The van der Waals surface area contributed by atoms with Crippen LogP contribution in [0.15, 0.2) is 24.3 Å². The molecule has 1 aliphatic carbocycles. The van der Waals surface area contributed by atoms with Crippen LogP contribution in [0.3, 0.4) is 0 Å². The maximum Gasteiger partial charge on any atom is 0.318 e. The van der Waals surface area contributed by atoms with Crippen molar-refractivity contribution in [2.75, 3.05) is 17.7 Å². The first-order valence-corrected chi connectivity index (χ1v) is 7.56. The van der Waals surface area contributed by atoms with Gasteiger partial charge >= 0.3 is 6.03 Å². The smallest absolute Gasteiger partial charge is 0.318 e. The van der Waals surface area contributed by atoms with Crippen LogP contribution in [0.5, 0.6) is 0 Å². The zero-order valence-electron chi connectivity index (χ0n) is 12.4. The van der Waals surface area contributed by atoms with Crippen LogP contribution in [0, 0.1) is 5.92 Å². The molecular weight excluding hydrogens is 250 g/mol. The molecule has 0 atom stereocenters. The Hall–Kier alpha value is -1.71. The molecule has 4 heteroatoms. The lowest BCUT2D eigenvalue weighted by Gasteiger charge is -2.29. The van der Waals surface area contributed by atoms with Crippen molar-refractivity contribution in [2.45, 2.75) is 45.1 Å². The zero-order chi connectivity index (χ0) is 14.4. The second kappa shape index (κ2) is 7.17. The first kappa shape index (κ1) is 14.7. The van der Waals surface area contributed by atoms with E-state index in [1.807, 2.05) is 24.3 Å². The Bertz CT molecular complexity index is 422. The third kappa shape index (κ3) is 4.15. The van der Waals surface area contributed by atoms with Crippen LogP contribution in [0.25, 0.3) is 0 Å². The highest BCUT2D eigenvalue weighted by molar-refractivity contribution is 5.89. The fourth-order valence-corrected chi connectivity index (χ4v) is 2.79. The van der Waals surface area contributed by atoms with Gasteiger partial charge in [0.05, 0.1) is 0 Å². The summed E-state index contributed by atoms with van der Waals surface area (Å²) in [6, 6.07) is 8.30. The number of anilines is 2. The summed E-state index contributed by atoms with van der Waals surface area (Å²) in [4.78, 5) is 11.2. The second-order valence-electron chi connectivity index (χ2n) is 5.55. The Kier molecular flexibility index (Phi) is 5.27. The van der Waals surface area contributed by atoms with Gasteiger partial charge in [-0.25, -0.2) is 4.79 Å². The number of benzene rings is 1. The van der Waals surface area contributed by atoms with E-state index in [1.54, 1.807) is 7.05 Å². The summed E-state index contributed by atoms with van der Waals surface area (Å²) in [6.07, 6.45) is 6.51. The third-order valence-electron chi connectivity index (χ3n) is 4.16. The molecule has 2 rings (SSSR count). The summed E-state index contributed by atoms with van der Waals surface area (Å²) in [5, 5.41) is 8.89. The molecule has 1 aromatic rings. The molecule has 0 spiro atoms. The third-order valence-corrected chi connectivity index (χ3v) is 4.16. The topological polar surface area (TPSA) is 53.2 Å². The van der Waals surface area contributed by atoms with Crippen LogP contribution in [-0.4, -0.2) is 19.1 Å². The molecule has 1 fully saturated rings. The van der Waals surface area contributed by atoms with Gasteiger partial charge in [-0.2, -0.15) is 0 Å². The SMILES string of the molecule is CCC1CCC(Nc2ccc(NC(=O)NC)cc2)CC1. The van der Waals surface area contributed by atoms with E-state index in [-0.39, 0.29) is 6.03 Å². The highest BCUT2D eigenvalue weighted by Crippen LogP contribution is 2.28. The van der Waals surface area contributed by atoms with Gasteiger partial charge in [0.25, 0.3) is 0 Å². The van der Waals surface area contributed by atoms with E-state index < -0.39 is 0 Å². The highest BCUT2D eigenvalue weighted by atomic mass is 16.2. The number of urea groups is 1. The summed E-state index contributed by atoms with van der Waals surface area (Å²) in [5.74, 6) is 0.923. The summed E-state index contributed by atoms with van der Waals surface area (Å²) in [7, 11) is 1.61. The molecule has 0 radical (unpaired) electrons. The number of carbonyl (C=O) groups is 1. The van der Waals surface area contributed by atoms with Crippen molar-refractivity contribution < 1.29 is 4.79 Å². The van der Waals surface area contributed by atoms with Gasteiger partial charge in [0.1, 0.15) is 0 Å². The van der Waals surface area contributed by atoms with E-state index in [1.165, 1.54) is 32.1 Å². The summed E-state index contributed by atoms with van der Waals surface area (Å²) < 4.78 is 0. The van der Waals surface area contributed by atoms with Crippen molar-refractivity contribution in [3.63, 3.8) is 0 Å². The minimum atomic E-state index is -0.191. The van der Waals surface area contributed by atoms with Crippen LogP contribution in [0.1, 0.15) is 39.0 Å². The first-order valence-electron chi connectivity index (χ1n) is 7.56. The minimum absolute atomic E-state index is 0.191. The Labute approximate surface area is 121 Å². The first-order chi connectivity index (χ1) is 9.71. The Morgan fingerprint density at radius 2 is 1.70 bits per heavy atom. The fraction of sp³-hybridized carbons (Fsp3) is 0.562. The molecule has 1 aliphatic rings. The van der Waals surface area contributed by atoms with E-state index in [9.17, 15) is 4.79 Å². The number of carbonyl (C=O) groups excluding carboxylic acids is 1. The monoisotopic (exact) mass is 275 g/mol. The van der Waals surface area contributed by atoms with Crippen molar-refractivity contribution >= 4 is 17.4 Å². The zero-order valence-corrected chi connectivity index (χ0v) is 12.4. The van der Waals surface area contributed by atoms with Crippen LogP contribution in [0.4, 0.5) is 16.2 Å². The van der Waals surface area contributed by atoms with Gasteiger partial charge in [-0.15, -0.1) is 0 Å². The lowest BCUT2D eigenvalue weighted by molar-refractivity contribution is 0.254. The number of nitrogens with one attached hydrogen (secondary N) is 3.